The summed E-state index contributed by atoms with van der Waals surface area (Å²) >= 11 is 5.39. The fraction of sp³-hybridized carbons (Fsp3) is 0.500. The van der Waals surface area contributed by atoms with Crippen LogP contribution in [0.2, 0.25) is 5.15 Å². The first-order valence-electron chi connectivity index (χ1n) is 8.71. The van der Waals surface area contributed by atoms with Gasteiger partial charge in [0.2, 0.25) is 5.88 Å². The summed E-state index contributed by atoms with van der Waals surface area (Å²) in [6.45, 7) is -3.54. The van der Waals surface area contributed by atoms with Gasteiger partial charge in [-0.25, -0.2) is 4.68 Å². The van der Waals surface area contributed by atoms with Gasteiger partial charge in [0.05, 0.1) is 5.56 Å². The minimum absolute atomic E-state index is 0.0398. The lowest BCUT2D eigenvalue weighted by Crippen LogP contribution is -2.20. The Hall–Kier alpha value is -3.03. The number of aliphatic hydroxyl groups excluding tert-OH is 1. The standard InChI is InChI=1S/C8H6F6N2O2.C6H4ClF3N2O.C2H3F3O/c1-16-6(18-3-7(9,10)11)4(2-17)5(15-16)8(12,13)14;1-12-5(7)3(2-13)4(11-12)6(8,9)10;3-2(4,5)1-6/h2H,3H2,1H3;2H,1H3;6H,1H2. The SMILES string of the molecule is Cn1nc(C(F)(F)F)c(C=O)c1Cl.Cn1nc(C(F)(F)F)c(C=O)c1OCC(F)(F)F.OCC(F)(F)F. The van der Waals surface area contributed by atoms with Crippen LogP contribution in [-0.2, 0) is 26.4 Å². The number of aldehydes is 2. The highest BCUT2D eigenvalue weighted by Gasteiger charge is 2.40. The second kappa shape index (κ2) is 12.5. The Morgan fingerprint density at radius 3 is 1.46 bits per heavy atom. The number of rotatable bonds is 4. The maximum atomic E-state index is 12.4. The van der Waals surface area contributed by atoms with Crippen LogP contribution in [0.4, 0.5) is 52.7 Å². The van der Waals surface area contributed by atoms with Crippen LogP contribution in [0.1, 0.15) is 32.1 Å². The fourth-order valence-corrected chi connectivity index (χ4v) is 2.17. The van der Waals surface area contributed by atoms with Crippen molar-refractivity contribution in [2.45, 2.75) is 24.7 Å². The molecule has 0 saturated carbocycles. The number of aromatic nitrogens is 4. The number of aliphatic hydroxyl groups is 1. The maximum absolute atomic E-state index is 12.4. The van der Waals surface area contributed by atoms with Gasteiger partial charge in [0.25, 0.3) is 0 Å². The van der Waals surface area contributed by atoms with Crippen LogP contribution < -0.4 is 4.74 Å². The molecule has 0 atom stereocenters. The molecule has 21 heteroatoms. The zero-order valence-corrected chi connectivity index (χ0v) is 18.7. The summed E-state index contributed by atoms with van der Waals surface area (Å²) in [6, 6.07) is 0. The largest absolute Gasteiger partial charge is 0.468 e. The van der Waals surface area contributed by atoms with Crippen LogP contribution in [-0.4, -0.2) is 62.8 Å². The van der Waals surface area contributed by atoms with E-state index in [1.54, 1.807) is 0 Å². The first kappa shape index (κ1) is 34.0. The molecule has 212 valence electrons. The molecule has 2 aromatic rings. The molecule has 2 heterocycles. The van der Waals surface area contributed by atoms with Crippen molar-refractivity contribution >= 4 is 24.2 Å². The van der Waals surface area contributed by atoms with Gasteiger partial charge in [-0.1, -0.05) is 11.6 Å². The number of hydrogen-bond acceptors (Lipinski definition) is 6. The normalized spacial score (nSPS) is 12.2. The Labute approximate surface area is 202 Å². The van der Waals surface area contributed by atoms with Crippen molar-refractivity contribution in [2.75, 3.05) is 13.2 Å². The molecule has 0 fully saturated rings. The number of nitrogens with zero attached hydrogens (tertiary/aromatic N) is 4. The molecule has 0 aliphatic rings. The highest BCUT2D eigenvalue weighted by Crippen LogP contribution is 2.35. The smallest absolute Gasteiger partial charge is 0.436 e. The van der Waals surface area contributed by atoms with E-state index in [-0.39, 0.29) is 17.7 Å². The van der Waals surface area contributed by atoms with E-state index in [9.17, 15) is 62.3 Å². The molecule has 0 bridgehead atoms. The molecule has 0 saturated heterocycles. The summed E-state index contributed by atoms with van der Waals surface area (Å²) in [6.07, 6.45) is -18.9. The van der Waals surface area contributed by atoms with Crippen LogP contribution in [0.15, 0.2) is 0 Å². The Morgan fingerprint density at radius 2 is 1.16 bits per heavy atom. The van der Waals surface area contributed by atoms with E-state index in [1.165, 1.54) is 7.05 Å². The predicted molar refractivity (Wildman–Crippen MR) is 96.9 cm³/mol. The molecule has 0 aromatic carbocycles. The molecule has 1 N–H and O–H groups in total. The third-order valence-electron chi connectivity index (χ3n) is 3.37. The van der Waals surface area contributed by atoms with Crippen molar-refractivity contribution in [1.29, 1.82) is 0 Å². The molecular weight excluding hydrogens is 576 g/mol. The molecule has 0 radical (unpaired) electrons. The molecule has 2 rings (SSSR count). The average Bonchev–Trinajstić information content (AvgIpc) is 3.21. The summed E-state index contributed by atoms with van der Waals surface area (Å²) in [5, 5.41) is 13.0. The van der Waals surface area contributed by atoms with Crippen molar-refractivity contribution in [3.8, 4) is 5.88 Å². The Morgan fingerprint density at radius 1 is 0.784 bits per heavy atom. The predicted octanol–water partition coefficient (Wildman–Crippen LogP) is 4.64. The quantitative estimate of drug-likeness (QED) is 0.413. The van der Waals surface area contributed by atoms with Gasteiger partial charge >= 0.3 is 24.7 Å². The van der Waals surface area contributed by atoms with Crippen LogP contribution in [0, 0.1) is 0 Å². The lowest BCUT2D eigenvalue weighted by molar-refractivity contribution is -0.159. The maximum Gasteiger partial charge on any atom is 0.436 e. The van der Waals surface area contributed by atoms with E-state index in [1.807, 2.05) is 0 Å². The van der Waals surface area contributed by atoms with Crippen molar-refractivity contribution in [3.63, 3.8) is 0 Å². The van der Waals surface area contributed by atoms with Gasteiger partial charge in [-0.05, 0) is 0 Å². The monoisotopic (exact) mass is 588 g/mol. The van der Waals surface area contributed by atoms with Crippen molar-refractivity contribution < 1.29 is 72.1 Å². The van der Waals surface area contributed by atoms with Crippen LogP contribution in [0.25, 0.3) is 0 Å². The first-order chi connectivity index (χ1) is 16.5. The molecule has 2 aromatic heterocycles. The zero-order valence-electron chi connectivity index (χ0n) is 17.9. The van der Waals surface area contributed by atoms with E-state index < -0.39 is 66.3 Å². The molecule has 0 spiro atoms. The van der Waals surface area contributed by atoms with Crippen LogP contribution >= 0.6 is 11.6 Å². The highest BCUT2D eigenvalue weighted by atomic mass is 35.5. The Kier molecular flexibility index (Phi) is 11.5. The van der Waals surface area contributed by atoms with Gasteiger partial charge in [0.15, 0.2) is 30.6 Å². The Balaban J connectivity index is 0.000000594. The molecule has 37 heavy (non-hydrogen) atoms. The van der Waals surface area contributed by atoms with Gasteiger partial charge in [0.1, 0.15) is 17.3 Å². The summed E-state index contributed by atoms with van der Waals surface area (Å²) in [7, 11) is 2.17. The second-order valence-corrected chi connectivity index (χ2v) is 6.63. The van der Waals surface area contributed by atoms with Crippen LogP contribution in [0.3, 0.4) is 0 Å². The van der Waals surface area contributed by atoms with Gasteiger partial charge < -0.3 is 9.84 Å². The third kappa shape index (κ3) is 10.9. The number of alkyl halides is 12. The summed E-state index contributed by atoms with van der Waals surface area (Å²) < 4.78 is 146. The number of hydrogen-bond donors (Lipinski definition) is 1. The number of aryl methyl sites for hydroxylation is 2. The summed E-state index contributed by atoms with van der Waals surface area (Å²) in [4.78, 5) is 20.8. The molecule has 8 nitrogen and oxygen atoms in total. The summed E-state index contributed by atoms with van der Waals surface area (Å²) in [5.41, 5.74) is -4.53. The fourth-order valence-electron chi connectivity index (χ4n) is 2.00. The average molecular weight is 589 g/mol. The Bertz CT molecular complexity index is 1050. The number of carbonyl (C=O) groups excluding carboxylic acids is 2. The molecular formula is C16H13ClF12N4O4. The molecule has 0 amide bonds. The first-order valence-corrected chi connectivity index (χ1v) is 9.09. The van der Waals surface area contributed by atoms with Gasteiger partial charge in [-0.15, -0.1) is 0 Å². The molecule has 0 aliphatic heterocycles. The topological polar surface area (TPSA) is 99.2 Å². The number of halogens is 13. The van der Waals surface area contributed by atoms with E-state index in [4.69, 9.17) is 16.7 Å². The lowest BCUT2D eigenvalue weighted by Gasteiger charge is -2.09. The van der Waals surface area contributed by atoms with Gasteiger partial charge in [0, 0.05) is 14.1 Å². The molecule has 0 aliphatic carbocycles. The highest BCUT2D eigenvalue weighted by molar-refractivity contribution is 6.32. The number of carbonyl (C=O) groups is 2. The van der Waals surface area contributed by atoms with Gasteiger partial charge in [-0.3, -0.25) is 14.3 Å². The minimum atomic E-state index is -4.95. The van der Waals surface area contributed by atoms with Crippen molar-refractivity contribution in [2.24, 2.45) is 14.1 Å². The van der Waals surface area contributed by atoms with Gasteiger partial charge in [-0.2, -0.15) is 62.9 Å². The van der Waals surface area contributed by atoms with Crippen molar-refractivity contribution in [1.82, 2.24) is 19.6 Å². The second-order valence-electron chi connectivity index (χ2n) is 6.28. The van der Waals surface area contributed by atoms with E-state index in [0.717, 1.165) is 11.7 Å². The minimum Gasteiger partial charge on any atom is -0.468 e. The zero-order chi connectivity index (χ0) is 29.6. The van der Waals surface area contributed by atoms with E-state index in [0.29, 0.717) is 4.68 Å². The summed E-state index contributed by atoms with van der Waals surface area (Å²) in [5.74, 6) is -0.880. The van der Waals surface area contributed by atoms with E-state index >= 15 is 0 Å². The lowest BCUT2D eigenvalue weighted by atomic mass is 10.2. The molecule has 0 unspecified atom stereocenters. The number of ether oxygens (including phenoxy) is 1. The van der Waals surface area contributed by atoms with E-state index in [2.05, 4.69) is 14.9 Å². The third-order valence-corrected chi connectivity index (χ3v) is 3.81. The van der Waals surface area contributed by atoms with Crippen molar-refractivity contribution in [3.05, 3.63) is 27.7 Å². The van der Waals surface area contributed by atoms with Crippen LogP contribution in [0.5, 0.6) is 5.88 Å².